The number of anilines is 1. The molecule has 3 aromatic rings. The van der Waals surface area contributed by atoms with Gasteiger partial charge >= 0.3 is 6.03 Å². The highest BCUT2D eigenvalue weighted by molar-refractivity contribution is 5.75. The molecule has 2 fully saturated rings. The molecule has 8 nitrogen and oxygen atoms in total. The first-order valence-electron chi connectivity index (χ1n) is 12.3. The Labute approximate surface area is 199 Å². The van der Waals surface area contributed by atoms with E-state index in [0.717, 1.165) is 18.4 Å². The van der Waals surface area contributed by atoms with Gasteiger partial charge in [-0.25, -0.2) is 14.8 Å². The third kappa shape index (κ3) is 4.76. The second-order valence-electron chi connectivity index (χ2n) is 9.42. The lowest BCUT2D eigenvalue weighted by Gasteiger charge is -2.36. The molecule has 5 rings (SSSR count). The Kier molecular flexibility index (Phi) is 6.47. The minimum absolute atomic E-state index is 0.0130. The number of aryl methyl sites for hydroxylation is 1. The number of hydrogen-bond acceptors (Lipinski definition) is 5. The zero-order valence-corrected chi connectivity index (χ0v) is 19.7. The molecule has 178 valence electrons. The molecule has 3 heterocycles. The fourth-order valence-electron chi connectivity index (χ4n) is 4.93. The molecular weight excluding hydrogens is 428 g/mol. The molecule has 0 bridgehead atoms. The molecule has 0 unspecified atom stereocenters. The van der Waals surface area contributed by atoms with Crippen LogP contribution in [0.1, 0.15) is 43.2 Å². The number of nitrogens with zero attached hydrogens (tertiary/aromatic N) is 5. The molecule has 2 aromatic heterocycles. The summed E-state index contributed by atoms with van der Waals surface area (Å²) in [4.78, 5) is 39.3. The molecule has 1 saturated carbocycles. The van der Waals surface area contributed by atoms with E-state index in [1.165, 1.54) is 24.8 Å². The number of fused-ring (bicyclic) bond motifs is 1. The zero-order chi connectivity index (χ0) is 23.5. The molecule has 0 atom stereocenters. The third-order valence-corrected chi connectivity index (χ3v) is 6.95. The minimum atomic E-state index is -0.146. The average Bonchev–Trinajstić information content (AvgIpc) is 2.87. The van der Waals surface area contributed by atoms with Crippen molar-refractivity contribution in [2.75, 3.05) is 31.1 Å². The van der Waals surface area contributed by atoms with E-state index < -0.39 is 0 Å². The van der Waals surface area contributed by atoms with Crippen molar-refractivity contribution < 1.29 is 4.79 Å². The summed E-state index contributed by atoms with van der Waals surface area (Å²) in [6, 6.07) is 12.2. The molecule has 34 heavy (non-hydrogen) atoms. The lowest BCUT2D eigenvalue weighted by Crippen LogP contribution is -2.54. The maximum atomic E-state index is 13.6. The van der Waals surface area contributed by atoms with E-state index in [1.807, 2.05) is 41.0 Å². The van der Waals surface area contributed by atoms with Gasteiger partial charge in [0.05, 0.1) is 6.54 Å². The van der Waals surface area contributed by atoms with Gasteiger partial charge in [0.1, 0.15) is 5.52 Å². The lowest BCUT2D eigenvalue weighted by atomic mass is 9.96. The van der Waals surface area contributed by atoms with Crippen molar-refractivity contribution in [3.05, 3.63) is 64.1 Å². The van der Waals surface area contributed by atoms with Gasteiger partial charge in [-0.1, -0.05) is 49.1 Å². The highest BCUT2D eigenvalue weighted by atomic mass is 16.2. The van der Waals surface area contributed by atoms with Crippen LogP contribution in [0.4, 0.5) is 10.6 Å². The van der Waals surface area contributed by atoms with Crippen LogP contribution in [0.2, 0.25) is 0 Å². The average molecular weight is 461 g/mol. The standard InChI is InChI=1S/C26H32N6O2/c1-19-9-11-20(12-10-19)18-32-23-22(8-5-13-27-23)29-24(25(32)33)30-14-16-31(17-15-30)26(34)28-21-6-3-2-4-7-21/h5,8-13,21H,2-4,6-7,14-18H2,1H3,(H,28,34). The van der Waals surface area contributed by atoms with E-state index in [4.69, 9.17) is 0 Å². The maximum absolute atomic E-state index is 13.6. The number of carbonyl (C=O) groups is 1. The summed E-state index contributed by atoms with van der Waals surface area (Å²) in [5.74, 6) is 0.431. The van der Waals surface area contributed by atoms with Crippen LogP contribution in [0.5, 0.6) is 0 Å². The van der Waals surface area contributed by atoms with E-state index in [-0.39, 0.29) is 11.6 Å². The molecule has 8 heteroatoms. The Morgan fingerprint density at radius 3 is 2.50 bits per heavy atom. The number of piperazine rings is 1. The second-order valence-corrected chi connectivity index (χ2v) is 9.42. The van der Waals surface area contributed by atoms with E-state index >= 15 is 0 Å². The van der Waals surface area contributed by atoms with E-state index in [1.54, 1.807) is 10.8 Å². The summed E-state index contributed by atoms with van der Waals surface area (Å²) < 4.78 is 1.71. The van der Waals surface area contributed by atoms with Gasteiger partial charge in [-0.2, -0.15) is 0 Å². The molecule has 1 aliphatic carbocycles. The number of aromatic nitrogens is 3. The Bertz CT molecular complexity index is 1210. The topological polar surface area (TPSA) is 83.4 Å². The largest absolute Gasteiger partial charge is 0.348 e. The molecule has 1 N–H and O–H groups in total. The van der Waals surface area contributed by atoms with E-state index in [9.17, 15) is 9.59 Å². The van der Waals surface area contributed by atoms with Crippen LogP contribution in [0.25, 0.3) is 11.2 Å². The quantitative estimate of drug-likeness (QED) is 0.646. The normalized spacial score (nSPS) is 17.2. The van der Waals surface area contributed by atoms with Gasteiger partial charge < -0.3 is 15.1 Å². The summed E-state index contributed by atoms with van der Waals surface area (Å²) >= 11 is 0. The van der Waals surface area contributed by atoms with Gasteiger partial charge in [0.15, 0.2) is 11.5 Å². The highest BCUT2D eigenvalue weighted by Crippen LogP contribution is 2.19. The second kappa shape index (κ2) is 9.83. The van der Waals surface area contributed by atoms with Gasteiger partial charge in [0.25, 0.3) is 5.56 Å². The highest BCUT2D eigenvalue weighted by Gasteiger charge is 2.26. The van der Waals surface area contributed by atoms with Crippen molar-refractivity contribution in [3.63, 3.8) is 0 Å². The van der Waals surface area contributed by atoms with E-state index in [0.29, 0.717) is 55.7 Å². The Hall–Kier alpha value is -3.42. The first kappa shape index (κ1) is 22.4. The van der Waals surface area contributed by atoms with Crippen LogP contribution in [0.3, 0.4) is 0 Å². The fourth-order valence-corrected chi connectivity index (χ4v) is 4.93. The Morgan fingerprint density at radius 2 is 1.76 bits per heavy atom. The van der Waals surface area contributed by atoms with Crippen LogP contribution in [-0.2, 0) is 6.54 Å². The van der Waals surface area contributed by atoms with Gasteiger partial charge in [-0.05, 0) is 37.5 Å². The van der Waals surface area contributed by atoms with Crippen molar-refractivity contribution in [1.29, 1.82) is 0 Å². The van der Waals surface area contributed by atoms with Crippen molar-refractivity contribution in [1.82, 2.24) is 24.8 Å². The van der Waals surface area contributed by atoms with Crippen LogP contribution < -0.4 is 15.8 Å². The van der Waals surface area contributed by atoms with Crippen LogP contribution in [-0.4, -0.2) is 57.7 Å². The summed E-state index contributed by atoms with van der Waals surface area (Å²) in [5, 5.41) is 3.20. The first-order valence-corrected chi connectivity index (χ1v) is 12.3. The maximum Gasteiger partial charge on any atom is 0.317 e. The Balaban J connectivity index is 1.35. The van der Waals surface area contributed by atoms with Crippen molar-refractivity contribution in [2.24, 2.45) is 0 Å². The molecule has 1 saturated heterocycles. The van der Waals surface area contributed by atoms with Gasteiger partial charge in [0.2, 0.25) is 0 Å². The monoisotopic (exact) mass is 460 g/mol. The first-order chi connectivity index (χ1) is 16.6. The van der Waals surface area contributed by atoms with E-state index in [2.05, 4.69) is 27.4 Å². The molecule has 1 aliphatic heterocycles. The van der Waals surface area contributed by atoms with Crippen LogP contribution >= 0.6 is 0 Å². The molecular formula is C26H32N6O2. The smallest absolute Gasteiger partial charge is 0.317 e. The molecule has 2 amide bonds. The molecule has 0 spiro atoms. The number of amides is 2. The zero-order valence-electron chi connectivity index (χ0n) is 19.7. The minimum Gasteiger partial charge on any atom is -0.348 e. The van der Waals surface area contributed by atoms with Crippen LogP contribution in [0, 0.1) is 6.92 Å². The van der Waals surface area contributed by atoms with Gasteiger partial charge in [0, 0.05) is 38.4 Å². The number of benzene rings is 1. The Morgan fingerprint density at radius 1 is 1.03 bits per heavy atom. The predicted octanol–water partition coefficient (Wildman–Crippen LogP) is 3.31. The van der Waals surface area contributed by atoms with Crippen LogP contribution in [0.15, 0.2) is 47.4 Å². The number of carbonyl (C=O) groups excluding carboxylic acids is 1. The number of hydrogen-bond donors (Lipinski definition) is 1. The predicted molar refractivity (Wildman–Crippen MR) is 133 cm³/mol. The van der Waals surface area contributed by atoms with Crippen molar-refractivity contribution in [3.8, 4) is 0 Å². The summed E-state index contributed by atoms with van der Waals surface area (Å²) in [5.41, 5.74) is 3.36. The SMILES string of the molecule is Cc1ccc(Cn2c(=O)c(N3CCN(C(=O)NC4CCCCC4)CC3)nc3cccnc32)cc1. The summed E-state index contributed by atoms with van der Waals surface area (Å²) in [6.45, 7) is 4.79. The number of pyridine rings is 1. The van der Waals surface area contributed by atoms with Gasteiger partial charge in [-0.3, -0.25) is 9.36 Å². The summed E-state index contributed by atoms with van der Waals surface area (Å²) in [6.07, 6.45) is 7.48. The molecule has 1 aromatic carbocycles. The fraction of sp³-hybridized carbons (Fsp3) is 0.462. The number of rotatable bonds is 4. The molecule has 2 aliphatic rings. The lowest BCUT2D eigenvalue weighted by molar-refractivity contribution is 0.186. The van der Waals surface area contributed by atoms with Crippen molar-refractivity contribution in [2.45, 2.75) is 51.6 Å². The number of urea groups is 1. The molecule has 0 radical (unpaired) electrons. The van der Waals surface area contributed by atoms with Gasteiger partial charge in [-0.15, -0.1) is 0 Å². The number of nitrogens with one attached hydrogen (secondary N) is 1. The summed E-state index contributed by atoms with van der Waals surface area (Å²) in [7, 11) is 0. The third-order valence-electron chi connectivity index (χ3n) is 6.95. The van der Waals surface area contributed by atoms with Crippen molar-refractivity contribution >= 4 is 23.0 Å².